The molecule has 0 aromatic rings. The summed E-state index contributed by atoms with van der Waals surface area (Å²) in [5, 5.41) is 8.51. The van der Waals surface area contributed by atoms with Crippen molar-refractivity contribution in [3.63, 3.8) is 0 Å². The van der Waals surface area contributed by atoms with Crippen molar-refractivity contribution in [2.45, 2.75) is 38.7 Å². The molecule has 0 aliphatic heterocycles. The molecule has 5 heteroatoms. The van der Waals surface area contributed by atoms with Crippen molar-refractivity contribution >= 4 is 17.4 Å². The molecule has 14 heavy (non-hydrogen) atoms. The van der Waals surface area contributed by atoms with E-state index in [4.69, 9.17) is 14.0 Å². The van der Waals surface area contributed by atoms with Gasteiger partial charge in [-0.3, -0.25) is 0 Å². The quantitative estimate of drug-likeness (QED) is 0.514. The third-order valence-electron chi connectivity index (χ3n) is 1.86. The van der Waals surface area contributed by atoms with Crippen molar-refractivity contribution < 1.29 is 14.0 Å². The zero-order valence-corrected chi connectivity index (χ0v) is 12.0. The number of ether oxygens (including phenoxy) is 1. The minimum absolute atomic E-state index is 0.121. The molecule has 0 saturated heterocycles. The number of aliphatic hydroxyl groups excluding tert-OH is 1. The predicted molar refractivity (Wildman–Crippen MR) is 64.8 cm³/mol. The first-order valence-electron chi connectivity index (χ1n) is 5.34. The summed E-state index contributed by atoms with van der Waals surface area (Å²) in [6, 6.07) is 1.16. The van der Waals surface area contributed by atoms with Crippen LogP contribution in [0.4, 0.5) is 0 Å². The first-order chi connectivity index (χ1) is 6.48. The predicted octanol–water partition coefficient (Wildman–Crippen LogP) is 1.59. The lowest BCUT2D eigenvalue weighted by molar-refractivity contribution is 0.0924. The van der Waals surface area contributed by atoms with E-state index in [-0.39, 0.29) is 6.61 Å². The molecule has 0 aromatic heterocycles. The van der Waals surface area contributed by atoms with E-state index in [0.29, 0.717) is 6.61 Å². The van der Waals surface area contributed by atoms with Gasteiger partial charge in [-0.25, -0.2) is 0 Å². The second-order valence-electron chi connectivity index (χ2n) is 4.37. The summed E-state index contributed by atoms with van der Waals surface area (Å²) in [5.41, 5.74) is 0. The number of hydrogen-bond acceptors (Lipinski definition) is 3. The Balaban J connectivity index is 3.45. The molecule has 0 heterocycles. The fraction of sp³-hybridized carbons (Fsp3) is 1.00. The van der Waals surface area contributed by atoms with Gasteiger partial charge in [-0.15, -0.1) is 0 Å². The van der Waals surface area contributed by atoms with Crippen LogP contribution in [0.2, 0.25) is 32.2 Å². The molecule has 3 nitrogen and oxygen atoms in total. The van der Waals surface area contributed by atoms with E-state index in [1.54, 1.807) is 0 Å². The zero-order valence-electron chi connectivity index (χ0n) is 9.88. The Bertz CT molecular complexity index is 140. The fourth-order valence-corrected chi connectivity index (χ4v) is 8.04. The van der Waals surface area contributed by atoms with Gasteiger partial charge >= 0.3 is 0 Å². The van der Waals surface area contributed by atoms with Gasteiger partial charge in [0.15, 0.2) is 17.4 Å². The molecule has 0 fully saturated rings. The minimum atomic E-state index is -1.41. The monoisotopic (exact) mass is 236 g/mol. The Kier molecular flexibility index (Phi) is 7.76. The van der Waals surface area contributed by atoms with Gasteiger partial charge in [-0.2, -0.15) is 0 Å². The molecular weight excluding hydrogens is 212 g/mol. The maximum Gasteiger partial charge on any atom is 0.173 e. The maximum atomic E-state index is 8.51. The van der Waals surface area contributed by atoms with Crippen LogP contribution in [0.25, 0.3) is 0 Å². The Morgan fingerprint density at radius 3 is 2.36 bits per heavy atom. The van der Waals surface area contributed by atoms with Gasteiger partial charge in [0.05, 0.1) is 13.2 Å². The summed E-state index contributed by atoms with van der Waals surface area (Å²) in [4.78, 5) is 0. The van der Waals surface area contributed by atoms with Crippen LogP contribution in [0.15, 0.2) is 0 Å². The Morgan fingerprint density at radius 1 is 1.21 bits per heavy atom. The van der Waals surface area contributed by atoms with Gasteiger partial charge in [0.1, 0.15) is 0 Å². The largest absolute Gasteiger partial charge is 0.458 e. The first kappa shape index (κ1) is 14.3. The van der Waals surface area contributed by atoms with Crippen LogP contribution in [0.3, 0.4) is 0 Å². The van der Waals surface area contributed by atoms with E-state index in [2.05, 4.69) is 26.2 Å². The lowest BCUT2D eigenvalue weighted by Gasteiger charge is -2.25. The van der Waals surface area contributed by atoms with Crippen LogP contribution in [-0.2, 0) is 8.85 Å². The molecular formula is C9H24O3Si2. The van der Waals surface area contributed by atoms with Gasteiger partial charge in [0.2, 0.25) is 0 Å². The van der Waals surface area contributed by atoms with Crippen LogP contribution in [0.5, 0.6) is 0 Å². The highest BCUT2D eigenvalue weighted by atomic mass is 28.4. The Labute approximate surface area is 90.3 Å². The molecule has 0 unspecified atom stereocenters. The topological polar surface area (TPSA) is 38.7 Å². The molecule has 0 atom stereocenters. The Morgan fingerprint density at radius 2 is 1.86 bits per heavy atom. The van der Waals surface area contributed by atoms with Crippen LogP contribution in [-0.4, -0.2) is 42.3 Å². The van der Waals surface area contributed by atoms with Gasteiger partial charge in [-0.05, 0) is 38.7 Å². The van der Waals surface area contributed by atoms with Crippen LogP contribution < -0.4 is 0 Å². The van der Waals surface area contributed by atoms with E-state index in [0.717, 1.165) is 19.1 Å². The maximum absolute atomic E-state index is 8.51. The second-order valence-corrected chi connectivity index (χ2v) is 11.4. The van der Waals surface area contributed by atoms with Crippen LogP contribution >= 0.6 is 0 Å². The second kappa shape index (κ2) is 7.59. The molecule has 0 spiro atoms. The standard InChI is InChI=1S/C9H24O3Si2/c1-13(2)12-14(3,4)9-5-7-11-8-6-10/h10,13H,5-9H2,1-4H3. The molecule has 1 N–H and O–H groups in total. The highest BCUT2D eigenvalue weighted by molar-refractivity contribution is 6.77. The van der Waals surface area contributed by atoms with E-state index < -0.39 is 17.4 Å². The molecule has 0 aliphatic carbocycles. The molecule has 86 valence electrons. The van der Waals surface area contributed by atoms with Crippen molar-refractivity contribution in [2.24, 2.45) is 0 Å². The summed E-state index contributed by atoms with van der Waals surface area (Å²) < 4.78 is 11.2. The minimum Gasteiger partial charge on any atom is -0.458 e. The third kappa shape index (κ3) is 8.89. The van der Waals surface area contributed by atoms with Crippen LogP contribution in [0, 0.1) is 0 Å². The van der Waals surface area contributed by atoms with Gasteiger partial charge < -0.3 is 14.0 Å². The van der Waals surface area contributed by atoms with Crippen molar-refractivity contribution in [1.82, 2.24) is 0 Å². The van der Waals surface area contributed by atoms with E-state index in [9.17, 15) is 0 Å². The van der Waals surface area contributed by atoms with E-state index in [1.165, 1.54) is 0 Å². The average molecular weight is 236 g/mol. The molecule has 0 aliphatic rings. The molecule has 0 bridgehead atoms. The smallest absolute Gasteiger partial charge is 0.173 e. The van der Waals surface area contributed by atoms with E-state index in [1.807, 2.05) is 0 Å². The fourth-order valence-electron chi connectivity index (χ4n) is 1.46. The highest BCUT2D eigenvalue weighted by Gasteiger charge is 2.22. The molecule has 0 saturated carbocycles. The van der Waals surface area contributed by atoms with Crippen molar-refractivity contribution in [2.75, 3.05) is 19.8 Å². The SMILES string of the molecule is C[SiH](C)O[Si](C)(C)CCCOCCO. The van der Waals surface area contributed by atoms with Crippen molar-refractivity contribution in [3.05, 3.63) is 0 Å². The van der Waals surface area contributed by atoms with Crippen LogP contribution in [0.1, 0.15) is 6.42 Å². The summed E-state index contributed by atoms with van der Waals surface area (Å²) in [6.07, 6.45) is 1.06. The van der Waals surface area contributed by atoms with Gasteiger partial charge in [0.25, 0.3) is 0 Å². The van der Waals surface area contributed by atoms with Crippen molar-refractivity contribution in [1.29, 1.82) is 0 Å². The van der Waals surface area contributed by atoms with Gasteiger partial charge in [0, 0.05) is 6.61 Å². The van der Waals surface area contributed by atoms with E-state index >= 15 is 0 Å². The lowest BCUT2D eigenvalue weighted by atomic mass is 10.5. The molecule has 0 rings (SSSR count). The average Bonchev–Trinajstić information content (AvgIpc) is 2.01. The van der Waals surface area contributed by atoms with Crippen molar-refractivity contribution in [3.8, 4) is 0 Å². The zero-order chi connectivity index (χ0) is 11.0. The highest BCUT2D eigenvalue weighted by Crippen LogP contribution is 2.14. The summed E-state index contributed by atoms with van der Waals surface area (Å²) >= 11 is 0. The number of hydrogen-bond donors (Lipinski definition) is 1. The molecule has 0 amide bonds. The summed E-state index contributed by atoms with van der Waals surface area (Å²) in [6.45, 7) is 10.3. The first-order valence-corrected chi connectivity index (χ1v) is 11.2. The summed E-state index contributed by atoms with van der Waals surface area (Å²) in [7, 11) is -2.29. The number of rotatable bonds is 8. The Hall–Kier alpha value is 0.314. The van der Waals surface area contributed by atoms with Gasteiger partial charge in [-0.1, -0.05) is 0 Å². The summed E-state index contributed by atoms with van der Waals surface area (Å²) in [5.74, 6) is 0. The number of aliphatic hydroxyl groups is 1. The molecule has 0 aromatic carbocycles. The molecule has 0 radical (unpaired) electrons. The third-order valence-corrected chi connectivity index (χ3v) is 7.85. The lowest BCUT2D eigenvalue weighted by Crippen LogP contribution is -2.35. The normalized spacial score (nSPS) is 12.4.